The number of carboxylic acids is 1. The lowest BCUT2D eigenvalue weighted by Gasteiger charge is -2.18. The van der Waals surface area contributed by atoms with Crippen molar-refractivity contribution in [3.63, 3.8) is 0 Å². The summed E-state index contributed by atoms with van der Waals surface area (Å²) in [7, 11) is 0. The van der Waals surface area contributed by atoms with Gasteiger partial charge < -0.3 is 15.0 Å². The Balaban J connectivity index is 2.01. The van der Waals surface area contributed by atoms with Crippen LogP contribution in [0.4, 0.5) is 0 Å². The molecule has 0 saturated heterocycles. The molecule has 2 aromatic rings. The largest absolute Gasteiger partial charge is 0.480 e. The maximum atomic E-state index is 12.0. The molecule has 0 aliphatic carbocycles. The van der Waals surface area contributed by atoms with E-state index in [1.165, 1.54) is 0 Å². The number of amides is 1. The van der Waals surface area contributed by atoms with Crippen LogP contribution in [0, 0.1) is 5.92 Å². The van der Waals surface area contributed by atoms with Gasteiger partial charge in [0.1, 0.15) is 6.04 Å². The second kappa shape index (κ2) is 6.96. The van der Waals surface area contributed by atoms with Gasteiger partial charge in [0.25, 0.3) is 0 Å². The third-order valence-electron chi connectivity index (χ3n) is 3.56. The van der Waals surface area contributed by atoms with E-state index in [-0.39, 0.29) is 18.2 Å². The van der Waals surface area contributed by atoms with Crippen LogP contribution in [-0.2, 0) is 16.1 Å². The highest BCUT2D eigenvalue weighted by molar-refractivity contribution is 9.10. The molecule has 22 heavy (non-hydrogen) atoms. The van der Waals surface area contributed by atoms with Crippen molar-refractivity contribution in [3.05, 3.63) is 34.9 Å². The normalized spacial score (nSPS) is 12.5. The molecule has 2 N–H and O–H groups in total. The molecule has 118 valence electrons. The Morgan fingerprint density at radius 3 is 2.68 bits per heavy atom. The van der Waals surface area contributed by atoms with Crippen LogP contribution < -0.4 is 5.32 Å². The zero-order chi connectivity index (χ0) is 16.3. The van der Waals surface area contributed by atoms with Gasteiger partial charge in [0.05, 0.1) is 0 Å². The summed E-state index contributed by atoms with van der Waals surface area (Å²) in [5.74, 6) is -1.40. The second-order valence-electron chi connectivity index (χ2n) is 5.59. The first kappa shape index (κ1) is 16.5. The monoisotopic (exact) mass is 366 g/mol. The Labute approximate surface area is 137 Å². The number of nitrogens with one attached hydrogen (secondary N) is 1. The molecule has 0 aliphatic rings. The Bertz CT molecular complexity index is 694. The molecule has 6 heteroatoms. The van der Waals surface area contributed by atoms with Crippen LogP contribution >= 0.6 is 15.9 Å². The van der Waals surface area contributed by atoms with Crippen LogP contribution in [0.2, 0.25) is 0 Å². The molecular formula is C16H19BrN2O3. The van der Waals surface area contributed by atoms with Crippen LogP contribution in [0.15, 0.2) is 34.9 Å². The van der Waals surface area contributed by atoms with Crippen molar-refractivity contribution in [3.8, 4) is 0 Å². The van der Waals surface area contributed by atoms with Gasteiger partial charge in [-0.15, -0.1) is 0 Å². The van der Waals surface area contributed by atoms with E-state index in [0.717, 1.165) is 15.4 Å². The summed E-state index contributed by atoms with van der Waals surface area (Å²) >= 11 is 3.44. The van der Waals surface area contributed by atoms with E-state index in [4.69, 9.17) is 5.11 Å². The maximum absolute atomic E-state index is 12.0. The minimum atomic E-state index is -1.00. The van der Waals surface area contributed by atoms with Gasteiger partial charge >= 0.3 is 5.97 Å². The number of carbonyl (C=O) groups is 2. The van der Waals surface area contributed by atoms with Crippen molar-refractivity contribution in [2.75, 3.05) is 0 Å². The fourth-order valence-corrected chi connectivity index (χ4v) is 2.68. The SMILES string of the molecule is CC(C)[C@@H](NC(=O)CCn1ccc2ccc(Br)cc21)C(=O)O. The highest BCUT2D eigenvalue weighted by atomic mass is 79.9. The van der Waals surface area contributed by atoms with Gasteiger partial charge in [-0.05, 0) is 29.5 Å². The predicted octanol–water partition coefficient (Wildman–Crippen LogP) is 3.02. The minimum Gasteiger partial charge on any atom is -0.480 e. The zero-order valence-electron chi connectivity index (χ0n) is 12.5. The number of benzene rings is 1. The number of carboxylic acid groups (broad SMARTS) is 1. The molecule has 5 nitrogen and oxygen atoms in total. The van der Waals surface area contributed by atoms with Crippen LogP contribution in [0.25, 0.3) is 10.9 Å². The van der Waals surface area contributed by atoms with Gasteiger partial charge in [0.2, 0.25) is 5.91 Å². The van der Waals surface area contributed by atoms with Crippen molar-refractivity contribution >= 4 is 38.7 Å². The topological polar surface area (TPSA) is 71.3 Å². The number of carbonyl (C=O) groups excluding carboxylic acids is 1. The van der Waals surface area contributed by atoms with E-state index >= 15 is 0 Å². The maximum Gasteiger partial charge on any atom is 0.326 e. The second-order valence-corrected chi connectivity index (χ2v) is 6.51. The van der Waals surface area contributed by atoms with Crippen molar-refractivity contribution in [2.45, 2.75) is 32.9 Å². The van der Waals surface area contributed by atoms with E-state index < -0.39 is 12.0 Å². The fourth-order valence-electron chi connectivity index (χ4n) is 2.33. The lowest BCUT2D eigenvalue weighted by Crippen LogP contribution is -2.44. The van der Waals surface area contributed by atoms with Crippen molar-refractivity contribution in [1.29, 1.82) is 0 Å². The number of fused-ring (bicyclic) bond motifs is 1. The van der Waals surface area contributed by atoms with Gasteiger partial charge in [-0.2, -0.15) is 0 Å². The zero-order valence-corrected chi connectivity index (χ0v) is 14.1. The molecule has 0 radical (unpaired) electrons. The molecule has 0 aliphatic heterocycles. The number of aromatic nitrogens is 1. The first-order valence-corrected chi connectivity index (χ1v) is 7.94. The summed E-state index contributed by atoms with van der Waals surface area (Å²) in [5.41, 5.74) is 1.04. The Morgan fingerprint density at radius 2 is 2.05 bits per heavy atom. The number of rotatable bonds is 6. The van der Waals surface area contributed by atoms with E-state index in [1.807, 2.05) is 35.0 Å². The lowest BCUT2D eigenvalue weighted by molar-refractivity contribution is -0.143. The quantitative estimate of drug-likeness (QED) is 0.825. The number of hydrogen-bond acceptors (Lipinski definition) is 2. The average Bonchev–Trinajstić information content (AvgIpc) is 2.84. The van der Waals surface area contributed by atoms with Crippen LogP contribution in [0.3, 0.4) is 0 Å². The Kier molecular flexibility index (Phi) is 5.24. The minimum absolute atomic E-state index is 0.148. The van der Waals surface area contributed by atoms with Crippen molar-refractivity contribution in [1.82, 2.24) is 9.88 Å². The van der Waals surface area contributed by atoms with E-state index in [0.29, 0.717) is 6.54 Å². The molecule has 0 saturated carbocycles. The first-order chi connectivity index (χ1) is 10.4. The molecular weight excluding hydrogens is 348 g/mol. The summed E-state index contributed by atoms with van der Waals surface area (Å²) in [4.78, 5) is 23.1. The summed E-state index contributed by atoms with van der Waals surface area (Å²) in [6, 6.07) is 7.13. The van der Waals surface area contributed by atoms with Crippen molar-refractivity contribution in [2.24, 2.45) is 5.92 Å². The molecule has 1 aromatic heterocycles. The van der Waals surface area contributed by atoms with Crippen molar-refractivity contribution < 1.29 is 14.7 Å². The summed E-state index contributed by atoms with van der Waals surface area (Å²) < 4.78 is 2.97. The average molecular weight is 367 g/mol. The van der Waals surface area contributed by atoms with E-state index in [2.05, 4.69) is 21.2 Å². The van der Waals surface area contributed by atoms with Gasteiger partial charge in [0.15, 0.2) is 0 Å². The number of aliphatic carboxylic acids is 1. The summed E-state index contributed by atoms with van der Waals surface area (Å²) in [5, 5.41) is 12.8. The summed E-state index contributed by atoms with van der Waals surface area (Å²) in [6.07, 6.45) is 2.17. The van der Waals surface area contributed by atoms with Gasteiger partial charge in [-0.3, -0.25) is 4.79 Å². The molecule has 0 spiro atoms. The standard InChI is InChI=1S/C16H19BrN2O3/c1-10(2)15(16(21)22)18-14(20)6-8-19-7-5-11-3-4-12(17)9-13(11)19/h3-5,7,9-10,15H,6,8H2,1-2H3,(H,18,20)(H,21,22)/t15-/m1/s1. The van der Waals surface area contributed by atoms with Gasteiger partial charge in [-0.25, -0.2) is 4.79 Å². The lowest BCUT2D eigenvalue weighted by atomic mass is 10.0. The van der Waals surface area contributed by atoms with Crippen LogP contribution in [0.5, 0.6) is 0 Å². The Hall–Kier alpha value is -1.82. The smallest absolute Gasteiger partial charge is 0.326 e. The number of nitrogens with zero attached hydrogens (tertiary/aromatic N) is 1. The van der Waals surface area contributed by atoms with Gasteiger partial charge in [0, 0.05) is 29.2 Å². The number of halogens is 1. The third kappa shape index (κ3) is 3.88. The van der Waals surface area contributed by atoms with Crippen LogP contribution in [0.1, 0.15) is 20.3 Å². The Morgan fingerprint density at radius 1 is 1.32 bits per heavy atom. The molecule has 1 heterocycles. The number of aryl methyl sites for hydroxylation is 1. The molecule has 1 amide bonds. The molecule has 0 unspecified atom stereocenters. The predicted molar refractivity (Wildman–Crippen MR) is 88.7 cm³/mol. The van der Waals surface area contributed by atoms with E-state index in [1.54, 1.807) is 13.8 Å². The van der Waals surface area contributed by atoms with E-state index in [9.17, 15) is 9.59 Å². The molecule has 0 fully saturated rings. The van der Waals surface area contributed by atoms with Crippen LogP contribution in [-0.4, -0.2) is 27.6 Å². The molecule has 0 bridgehead atoms. The molecule has 1 atom stereocenters. The third-order valence-corrected chi connectivity index (χ3v) is 4.06. The molecule has 2 rings (SSSR count). The summed E-state index contributed by atoms with van der Waals surface area (Å²) in [6.45, 7) is 4.06. The highest BCUT2D eigenvalue weighted by Gasteiger charge is 2.23. The first-order valence-electron chi connectivity index (χ1n) is 7.15. The molecule has 1 aromatic carbocycles. The number of hydrogen-bond donors (Lipinski definition) is 2. The fraction of sp³-hybridized carbons (Fsp3) is 0.375. The highest BCUT2D eigenvalue weighted by Crippen LogP contribution is 2.21. The van der Waals surface area contributed by atoms with Gasteiger partial charge in [-0.1, -0.05) is 35.8 Å².